The van der Waals surface area contributed by atoms with Crippen LogP contribution in [0.5, 0.6) is 0 Å². The molecule has 0 aliphatic carbocycles. The summed E-state index contributed by atoms with van der Waals surface area (Å²) >= 11 is 0. The second-order valence-corrected chi connectivity index (χ2v) is 11.1. The molecular weight excluding hydrogens is 592 g/mol. The van der Waals surface area contributed by atoms with Crippen LogP contribution in [0.4, 0.5) is 0 Å². The zero-order valence-electron chi connectivity index (χ0n) is 25.7. The maximum Gasteiger partial charge on any atom is 0.326 e. The van der Waals surface area contributed by atoms with Crippen molar-refractivity contribution >= 4 is 41.5 Å². The lowest BCUT2D eigenvalue weighted by atomic mass is 10.0. The largest absolute Gasteiger partial charge is 0.481 e. The number of benzene rings is 1. The molecular formula is C29H44N6O10. The number of amides is 5. The first-order valence-electron chi connectivity index (χ1n) is 14.4. The number of nitrogens with one attached hydrogen (secondary N) is 5. The Balaban J connectivity index is 3.03. The number of nitrogens with two attached hydrogens (primary N) is 1. The van der Waals surface area contributed by atoms with Crippen molar-refractivity contribution in [3.63, 3.8) is 0 Å². The number of hydrogen-bond acceptors (Lipinski definition) is 9. The minimum absolute atomic E-state index is 0.0261. The quantitative estimate of drug-likeness (QED) is 0.0732. The molecule has 0 aromatic heterocycles. The third kappa shape index (κ3) is 15.1. The molecule has 16 nitrogen and oxygen atoms in total. The van der Waals surface area contributed by atoms with Crippen LogP contribution in [-0.2, 0) is 40.0 Å². The minimum Gasteiger partial charge on any atom is -0.481 e. The van der Waals surface area contributed by atoms with Gasteiger partial charge in [-0.25, -0.2) is 4.79 Å². The molecule has 0 unspecified atom stereocenters. The summed E-state index contributed by atoms with van der Waals surface area (Å²) in [4.78, 5) is 86.5. The smallest absolute Gasteiger partial charge is 0.326 e. The van der Waals surface area contributed by atoms with Gasteiger partial charge in [-0.15, -0.1) is 0 Å². The van der Waals surface area contributed by atoms with Gasteiger partial charge in [0.25, 0.3) is 0 Å². The highest BCUT2D eigenvalue weighted by atomic mass is 16.4. The van der Waals surface area contributed by atoms with Gasteiger partial charge in [-0.2, -0.15) is 0 Å². The molecule has 1 rings (SSSR count). The summed E-state index contributed by atoms with van der Waals surface area (Å²) in [6, 6.07) is 1.94. The van der Waals surface area contributed by atoms with Crippen LogP contribution >= 0.6 is 0 Å². The Morgan fingerprint density at radius 1 is 0.733 bits per heavy atom. The Morgan fingerprint density at radius 2 is 1.27 bits per heavy atom. The summed E-state index contributed by atoms with van der Waals surface area (Å²) in [5, 5.41) is 40.7. The standard InChI is InChI=1S/C29H44N6O10/c1-15(2)12-20(27(42)35-22(29(44)45)13-18-8-6-5-7-9-18)34-28(43)21(14-24(38)39)33-25(40)16(3)31-26(41)19(32-17(4)36)10-11-23(30)37/h5-9,15-17,19-22,32,36H,10-14H2,1-4H3,(H2,30,37)(H,31,41)(H,33,40)(H,34,43)(H,35,42)(H,38,39)(H,44,45)/t16-,17-,19-,20-,21-,22-/m0/s1. The number of rotatable bonds is 20. The van der Waals surface area contributed by atoms with Gasteiger partial charge < -0.3 is 42.3 Å². The number of carboxylic acid groups (broad SMARTS) is 2. The molecule has 6 atom stereocenters. The highest BCUT2D eigenvalue weighted by Crippen LogP contribution is 2.09. The van der Waals surface area contributed by atoms with E-state index in [9.17, 15) is 48.9 Å². The van der Waals surface area contributed by atoms with E-state index in [1.807, 2.05) is 0 Å². The van der Waals surface area contributed by atoms with Gasteiger partial charge in [0.05, 0.1) is 12.5 Å². The predicted octanol–water partition coefficient (Wildman–Crippen LogP) is -1.64. The van der Waals surface area contributed by atoms with Crippen LogP contribution in [0.25, 0.3) is 0 Å². The van der Waals surface area contributed by atoms with Crippen molar-refractivity contribution in [1.82, 2.24) is 26.6 Å². The average molecular weight is 637 g/mol. The molecule has 0 bridgehead atoms. The zero-order chi connectivity index (χ0) is 34.3. The Labute approximate surface area is 260 Å². The lowest BCUT2D eigenvalue weighted by molar-refractivity contribution is -0.143. The highest BCUT2D eigenvalue weighted by Gasteiger charge is 2.32. The SMILES string of the molecule is CC(C)C[C@H](NC(=O)[C@H](CC(=O)O)NC(=O)[C@H](C)NC(=O)[C@H](CCC(N)=O)N[C@H](C)O)C(=O)N[C@@H](Cc1ccccc1)C(=O)O. The van der Waals surface area contributed by atoms with Gasteiger partial charge in [-0.3, -0.25) is 34.1 Å². The molecule has 0 saturated heterocycles. The van der Waals surface area contributed by atoms with Gasteiger partial charge in [0, 0.05) is 12.8 Å². The average Bonchev–Trinajstić information content (AvgIpc) is 2.93. The molecule has 1 aromatic carbocycles. The van der Waals surface area contributed by atoms with Crippen LogP contribution in [0.2, 0.25) is 0 Å². The Hall–Kier alpha value is -4.57. The van der Waals surface area contributed by atoms with Gasteiger partial charge >= 0.3 is 11.9 Å². The molecule has 10 N–H and O–H groups in total. The van der Waals surface area contributed by atoms with Crippen molar-refractivity contribution in [2.45, 2.75) is 96.2 Å². The topological polar surface area (TPSA) is 266 Å². The molecule has 0 saturated carbocycles. The fourth-order valence-electron chi connectivity index (χ4n) is 4.23. The Morgan fingerprint density at radius 3 is 1.78 bits per heavy atom. The number of aliphatic hydroxyl groups is 1. The third-order valence-corrected chi connectivity index (χ3v) is 6.44. The van der Waals surface area contributed by atoms with Crippen LogP contribution in [0.3, 0.4) is 0 Å². The monoisotopic (exact) mass is 636 g/mol. The van der Waals surface area contributed by atoms with Gasteiger partial charge in [0.15, 0.2) is 0 Å². The molecule has 0 aliphatic rings. The predicted molar refractivity (Wildman–Crippen MR) is 160 cm³/mol. The molecule has 45 heavy (non-hydrogen) atoms. The summed E-state index contributed by atoms with van der Waals surface area (Å²) in [5.74, 6) is -7.12. The lowest BCUT2D eigenvalue weighted by Gasteiger charge is -2.26. The van der Waals surface area contributed by atoms with E-state index < -0.39 is 84.3 Å². The molecule has 16 heteroatoms. The second kappa shape index (κ2) is 19.0. The summed E-state index contributed by atoms with van der Waals surface area (Å²) < 4.78 is 0. The molecule has 0 radical (unpaired) electrons. The van der Waals surface area contributed by atoms with Crippen LogP contribution in [-0.4, -0.2) is 93.2 Å². The number of aliphatic hydroxyl groups excluding tert-OH is 1. The molecule has 0 fully saturated rings. The van der Waals surface area contributed by atoms with Crippen molar-refractivity contribution in [1.29, 1.82) is 0 Å². The van der Waals surface area contributed by atoms with Crippen LogP contribution in [0.15, 0.2) is 30.3 Å². The van der Waals surface area contributed by atoms with Crippen molar-refractivity contribution in [2.24, 2.45) is 11.7 Å². The lowest BCUT2D eigenvalue weighted by Crippen LogP contribution is -2.59. The Bertz CT molecular complexity index is 1190. The second-order valence-electron chi connectivity index (χ2n) is 11.1. The van der Waals surface area contributed by atoms with E-state index in [4.69, 9.17) is 5.73 Å². The third-order valence-electron chi connectivity index (χ3n) is 6.44. The van der Waals surface area contributed by atoms with E-state index in [1.54, 1.807) is 44.2 Å². The van der Waals surface area contributed by atoms with E-state index in [0.29, 0.717) is 5.56 Å². The first kappa shape index (κ1) is 38.5. The van der Waals surface area contributed by atoms with Crippen LogP contribution < -0.4 is 32.3 Å². The first-order valence-corrected chi connectivity index (χ1v) is 14.4. The molecule has 5 amide bonds. The van der Waals surface area contributed by atoms with Crippen molar-refractivity contribution in [3.05, 3.63) is 35.9 Å². The summed E-state index contributed by atoms with van der Waals surface area (Å²) in [6.45, 7) is 6.13. The van der Waals surface area contributed by atoms with E-state index in [0.717, 1.165) is 0 Å². The summed E-state index contributed by atoms with van der Waals surface area (Å²) in [5.41, 5.74) is 5.78. The van der Waals surface area contributed by atoms with E-state index in [1.165, 1.54) is 13.8 Å². The summed E-state index contributed by atoms with van der Waals surface area (Å²) in [6.07, 6.45) is -2.24. The van der Waals surface area contributed by atoms with Crippen LogP contribution in [0, 0.1) is 5.92 Å². The van der Waals surface area contributed by atoms with Crippen molar-refractivity contribution in [3.8, 4) is 0 Å². The van der Waals surface area contributed by atoms with Gasteiger partial charge in [0.2, 0.25) is 29.5 Å². The van der Waals surface area contributed by atoms with E-state index >= 15 is 0 Å². The molecule has 250 valence electrons. The van der Waals surface area contributed by atoms with Crippen LogP contribution in [0.1, 0.15) is 58.9 Å². The van der Waals surface area contributed by atoms with Gasteiger partial charge in [-0.1, -0.05) is 44.2 Å². The molecule has 1 aromatic rings. The Kier molecular flexibility index (Phi) is 16.2. The molecule has 0 aliphatic heterocycles. The number of carbonyl (C=O) groups is 7. The fraction of sp³-hybridized carbons (Fsp3) is 0.552. The number of primary amides is 1. The number of carbonyl (C=O) groups excluding carboxylic acids is 5. The van der Waals surface area contributed by atoms with Gasteiger partial charge in [-0.05, 0) is 38.2 Å². The normalized spacial score (nSPS) is 15.0. The number of carboxylic acids is 2. The zero-order valence-corrected chi connectivity index (χ0v) is 25.7. The van der Waals surface area contributed by atoms with Gasteiger partial charge in [0.1, 0.15) is 30.4 Å². The van der Waals surface area contributed by atoms with E-state index in [-0.39, 0.29) is 31.6 Å². The van der Waals surface area contributed by atoms with Crippen molar-refractivity contribution < 1.29 is 48.9 Å². The summed E-state index contributed by atoms with van der Waals surface area (Å²) in [7, 11) is 0. The van der Waals surface area contributed by atoms with E-state index in [2.05, 4.69) is 26.6 Å². The molecule has 0 heterocycles. The maximum absolute atomic E-state index is 13.2. The highest BCUT2D eigenvalue weighted by molar-refractivity contribution is 5.96. The first-order chi connectivity index (χ1) is 21.0. The number of aliphatic carboxylic acids is 2. The minimum atomic E-state index is -1.67. The van der Waals surface area contributed by atoms with Crippen molar-refractivity contribution in [2.75, 3.05) is 0 Å². The molecule has 0 spiro atoms. The number of hydrogen-bond donors (Lipinski definition) is 9. The fourth-order valence-corrected chi connectivity index (χ4v) is 4.23. The maximum atomic E-state index is 13.2.